The molecule has 0 aliphatic rings. The molecule has 1 N–H and O–H groups in total. The number of hydrogen-bond donors (Lipinski definition) is 1. The van der Waals surface area contributed by atoms with E-state index in [9.17, 15) is 8.42 Å². The first-order valence-electron chi connectivity index (χ1n) is 7.48. The molecule has 0 spiro atoms. The van der Waals surface area contributed by atoms with Crippen molar-refractivity contribution in [2.24, 2.45) is 0 Å². The van der Waals surface area contributed by atoms with Crippen LogP contribution in [0.15, 0.2) is 27.9 Å². The number of aromatic nitrogens is 2. The van der Waals surface area contributed by atoms with E-state index in [2.05, 4.69) is 40.2 Å². The van der Waals surface area contributed by atoms with Crippen molar-refractivity contribution in [2.45, 2.75) is 51.3 Å². The van der Waals surface area contributed by atoms with E-state index in [4.69, 9.17) is 0 Å². The normalized spacial score (nSPS) is 12.6. The third-order valence-electron chi connectivity index (χ3n) is 3.64. The van der Waals surface area contributed by atoms with Gasteiger partial charge in [-0.25, -0.2) is 13.1 Å². The van der Waals surface area contributed by atoms with Crippen LogP contribution in [-0.4, -0.2) is 25.1 Å². The molecule has 6 nitrogen and oxygen atoms in total. The molecule has 0 aliphatic heterocycles. The first-order valence-corrected chi connectivity index (χ1v) is 8.96. The van der Waals surface area contributed by atoms with Crippen LogP contribution >= 0.6 is 0 Å². The summed E-state index contributed by atoms with van der Waals surface area (Å²) in [6.45, 7) is 10.2. The molecule has 0 atom stereocenters. The summed E-state index contributed by atoms with van der Waals surface area (Å²) in [7, 11) is -3.57. The van der Waals surface area contributed by atoms with Crippen molar-refractivity contribution in [1.82, 2.24) is 14.9 Å². The predicted molar refractivity (Wildman–Crippen MR) is 87.8 cm³/mol. The Morgan fingerprint density at radius 3 is 2.26 bits per heavy atom. The van der Waals surface area contributed by atoms with Gasteiger partial charge in [0.15, 0.2) is 5.82 Å². The van der Waals surface area contributed by atoms with Crippen molar-refractivity contribution in [3.8, 4) is 0 Å². The highest BCUT2D eigenvalue weighted by molar-refractivity contribution is 7.89. The maximum absolute atomic E-state index is 12.6. The second-order valence-corrected chi connectivity index (χ2v) is 8.39. The Morgan fingerprint density at radius 2 is 1.78 bits per heavy atom. The van der Waals surface area contributed by atoms with Crippen molar-refractivity contribution in [3.63, 3.8) is 0 Å². The molecule has 1 aromatic heterocycles. The maximum Gasteiger partial charge on any atom is 0.241 e. The van der Waals surface area contributed by atoms with Gasteiger partial charge in [0.25, 0.3) is 0 Å². The number of hydrogen-bond acceptors (Lipinski definition) is 5. The highest BCUT2D eigenvalue weighted by atomic mass is 32.2. The van der Waals surface area contributed by atoms with Gasteiger partial charge in [0, 0.05) is 13.0 Å². The molecule has 0 bridgehead atoms. The Hall–Kier alpha value is -1.73. The Morgan fingerprint density at radius 1 is 1.17 bits per heavy atom. The van der Waals surface area contributed by atoms with Crippen LogP contribution in [-0.2, 0) is 21.9 Å². The number of nitrogens with zero attached hydrogens (tertiary/aromatic N) is 2. The fourth-order valence-corrected chi connectivity index (χ4v) is 3.96. The molecule has 0 saturated heterocycles. The Labute approximate surface area is 137 Å². The quantitative estimate of drug-likeness (QED) is 0.906. The monoisotopic (exact) mass is 337 g/mol. The molecule has 0 fully saturated rings. The smallest absolute Gasteiger partial charge is 0.241 e. The molecule has 1 aromatic carbocycles. The number of nitrogens with one attached hydrogen (secondary N) is 1. The van der Waals surface area contributed by atoms with E-state index >= 15 is 0 Å². The number of aryl methyl sites for hydroxylation is 2. The summed E-state index contributed by atoms with van der Waals surface area (Å²) >= 11 is 0. The van der Waals surface area contributed by atoms with Crippen molar-refractivity contribution in [1.29, 1.82) is 0 Å². The molecule has 2 aromatic rings. The summed E-state index contributed by atoms with van der Waals surface area (Å²) in [5.41, 5.74) is 2.60. The van der Waals surface area contributed by atoms with Crippen molar-refractivity contribution < 1.29 is 12.9 Å². The van der Waals surface area contributed by atoms with Crippen LogP contribution in [0.25, 0.3) is 0 Å². The highest BCUT2D eigenvalue weighted by Crippen LogP contribution is 2.29. The maximum atomic E-state index is 12.6. The van der Waals surface area contributed by atoms with E-state index in [-0.39, 0.29) is 12.0 Å². The van der Waals surface area contributed by atoms with E-state index in [1.165, 1.54) is 6.39 Å². The Kier molecular flexibility index (Phi) is 4.91. The molecule has 0 saturated carbocycles. The largest absolute Gasteiger partial charge is 0.343 e. The van der Waals surface area contributed by atoms with Gasteiger partial charge in [0.2, 0.25) is 16.4 Å². The highest BCUT2D eigenvalue weighted by Gasteiger charge is 2.23. The first kappa shape index (κ1) is 17.6. The van der Waals surface area contributed by atoms with E-state index in [0.29, 0.717) is 17.1 Å². The average Bonchev–Trinajstić information content (AvgIpc) is 2.89. The molecular formula is C16H23N3O3S. The molecule has 0 amide bonds. The second-order valence-electron chi connectivity index (χ2n) is 6.68. The van der Waals surface area contributed by atoms with Crippen LogP contribution < -0.4 is 4.72 Å². The molecule has 2 rings (SSSR count). The fourth-order valence-electron chi connectivity index (χ4n) is 2.48. The van der Waals surface area contributed by atoms with Gasteiger partial charge in [0.05, 0.1) is 4.90 Å². The summed E-state index contributed by atoms with van der Waals surface area (Å²) < 4.78 is 32.4. The number of rotatable bonds is 5. The third-order valence-corrected chi connectivity index (χ3v) is 5.41. The molecule has 0 unspecified atom stereocenters. The molecule has 23 heavy (non-hydrogen) atoms. The lowest BCUT2D eigenvalue weighted by Crippen LogP contribution is -2.28. The second kappa shape index (κ2) is 6.41. The minimum Gasteiger partial charge on any atom is -0.343 e. The molecule has 126 valence electrons. The number of sulfonamides is 1. The van der Waals surface area contributed by atoms with Crippen LogP contribution in [0.3, 0.4) is 0 Å². The molecular weight excluding hydrogens is 314 g/mol. The van der Waals surface area contributed by atoms with Gasteiger partial charge in [-0.3, -0.25) is 0 Å². The standard InChI is InChI=1S/C16H23N3O3S/c1-11-8-13(16(3,4)5)9-12(2)15(11)23(20,21)18-7-6-14-17-10-22-19-14/h8-10,18H,6-7H2,1-5H3. The van der Waals surface area contributed by atoms with Gasteiger partial charge in [-0.2, -0.15) is 4.98 Å². The Balaban J connectivity index is 2.22. The van der Waals surface area contributed by atoms with Gasteiger partial charge in [0.1, 0.15) is 0 Å². The summed E-state index contributed by atoms with van der Waals surface area (Å²) in [6, 6.07) is 3.89. The zero-order chi connectivity index (χ0) is 17.3. The first-order chi connectivity index (χ1) is 10.6. The van der Waals surface area contributed by atoms with E-state index in [1.54, 1.807) is 0 Å². The summed E-state index contributed by atoms with van der Waals surface area (Å²) in [5.74, 6) is 0.476. The van der Waals surface area contributed by atoms with Crippen molar-refractivity contribution in [3.05, 3.63) is 41.0 Å². The van der Waals surface area contributed by atoms with Crippen LogP contribution in [0, 0.1) is 13.8 Å². The summed E-state index contributed by atoms with van der Waals surface area (Å²) in [4.78, 5) is 4.22. The Bertz CT molecular complexity index is 752. The van der Waals surface area contributed by atoms with Crippen LogP contribution in [0.4, 0.5) is 0 Å². The zero-order valence-electron chi connectivity index (χ0n) is 14.2. The number of benzene rings is 1. The van der Waals surface area contributed by atoms with Crippen LogP contribution in [0.2, 0.25) is 0 Å². The van der Waals surface area contributed by atoms with Crippen LogP contribution in [0.1, 0.15) is 43.3 Å². The minimum atomic E-state index is -3.57. The SMILES string of the molecule is Cc1cc(C(C)(C)C)cc(C)c1S(=O)(=O)NCCc1ncon1. The van der Waals surface area contributed by atoms with Crippen molar-refractivity contribution in [2.75, 3.05) is 6.54 Å². The molecule has 0 aliphatic carbocycles. The lowest BCUT2D eigenvalue weighted by molar-refractivity contribution is 0.410. The van der Waals surface area contributed by atoms with E-state index in [1.807, 2.05) is 26.0 Å². The van der Waals surface area contributed by atoms with Gasteiger partial charge < -0.3 is 4.52 Å². The zero-order valence-corrected chi connectivity index (χ0v) is 15.0. The van der Waals surface area contributed by atoms with Gasteiger partial charge in [-0.1, -0.05) is 38.1 Å². The van der Waals surface area contributed by atoms with Gasteiger partial charge in [-0.05, 0) is 36.0 Å². The van der Waals surface area contributed by atoms with Gasteiger partial charge in [-0.15, -0.1) is 0 Å². The van der Waals surface area contributed by atoms with E-state index in [0.717, 1.165) is 16.7 Å². The molecule has 0 radical (unpaired) electrons. The van der Waals surface area contributed by atoms with Gasteiger partial charge >= 0.3 is 0 Å². The minimum absolute atomic E-state index is 0.0239. The lowest BCUT2D eigenvalue weighted by Gasteiger charge is -2.22. The van der Waals surface area contributed by atoms with Crippen molar-refractivity contribution >= 4 is 10.0 Å². The average molecular weight is 337 g/mol. The van der Waals surface area contributed by atoms with E-state index < -0.39 is 10.0 Å². The topological polar surface area (TPSA) is 85.1 Å². The summed E-state index contributed by atoms with van der Waals surface area (Å²) in [6.07, 6.45) is 1.61. The predicted octanol–water partition coefficient (Wildman–Crippen LogP) is 2.50. The third kappa shape index (κ3) is 4.17. The summed E-state index contributed by atoms with van der Waals surface area (Å²) in [5, 5.41) is 3.66. The molecule has 7 heteroatoms. The fraction of sp³-hybridized carbons (Fsp3) is 0.500. The lowest BCUT2D eigenvalue weighted by atomic mass is 9.85. The van der Waals surface area contributed by atoms with Crippen LogP contribution in [0.5, 0.6) is 0 Å². The molecule has 1 heterocycles.